The van der Waals surface area contributed by atoms with Gasteiger partial charge < -0.3 is 0 Å². The number of hydrogen-bond donors (Lipinski definition) is 0. The Labute approximate surface area is 189 Å². The second-order valence-electron chi connectivity index (χ2n) is 7.49. The molecule has 0 aliphatic carbocycles. The molecule has 0 bridgehead atoms. The highest BCUT2D eigenvalue weighted by Gasteiger charge is 2.37. The van der Waals surface area contributed by atoms with Gasteiger partial charge in [-0.3, -0.25) is 19.7 Å². The van der Waals surface area contributed by atoms with Crippen molar-refractivity contribution in [3.8, 4) is 0 Å². The van der Waals surface area contributed by atoms with E-state index in [1.165, 1.54) is 24.5 Å². The molecule has 2 aromatic heterocycles. The molecule has 0 saturated heterocycles. The van der Waals surface area contributed by atoms with Crippen LogP contribution in [-0.4, -0.2) is 20.7 Å². The summed E-state index contributed by atoms with van der Waals surface area (Å²) >= 11 is 0. The number of pyridine rings is 1. The lowest BCUT2D eigenvalue weighted by molar-refractivity contribution is -0.139. The molecule has 1 atom stereocenters. The number of aromatic nitrogens is 3. The van der Waals surface area contributed by atoms with Crippen LogP contribution in [0.4, 0.5) is 26.3 Å². The minimum atomic E-state index is -4.77. The first-order valence-corrected chi connectivity index (χ1v) is 9.97. The highest BCUT2D eigenvalue weighted by atomic mass is 19.4. The van der Waals surface area contributed by atoms with Crippen molar-refractivity contribution >= 4 is 16.8 Å². The molecule has 0 aliphatic heterocycles. The molecule has 0 aliphatic rings. The smallest absolute Gasteiger partial charge is 0.294 e. The second-order valence-corrected chi connectivity index (χ2v) is 7.49. The topological polar surface area (TPSA) is 55.7 Å². The minimum Gasteiger partial charge on any atom is -0.294 e. The summed E-state index contributed by atoms with van der Waals surface area (Å²) in [6.45, 7) is 0. The number of carbonyl (C=O) groups is 1. The van der Waals surface area contributed by atoms with Gasteiger partial charge in [0.25, 0.3) is 0 Å². The summed E-state index contributed by atoms with van der Waals surface area (Å²) in [4.78, 5) is 25.2. The molecule has 4 rings (SSSR count). The highest BCUT2D eigenvalue weighted by Crippen LogP contribution is 2.39. The SMILES string of the molecule is O=C(CC(c1ccc(C(F)(F)F)cc1)c1ncccc1C(F)(F)F)c1ccc2nccnc2c1. The molecule has 0 amide bonds. The third-order valence-corrected chi connectivity index (χ3v) is 5.30. The molecule has 0 N–H and O–H groups in total. The van der Waals surface area contributed by atoms with Gasteiger partial charge in [0, 0.05) is 36.5 Å². The fourth-order valence-corrected chi connectivity index (χ4v) is 3.65. The third kappa shape index (κ3) is 4.90. The first kappa shape index (κ1) is 23.3. The predicted molar refractivity (Wildman–Crippen MR) is 111 cm³/mol. The van der Waals surface area contributed by atoms with Crippen molar-refractivity contribution in [1.29, 1.82) is 0 Å². The van der Waals surface area contributed by atoms with Gasteiger partial charge in [0.15, 0.2) is 5.78 Å². The maximum atomic E-state index is 13.7. The van der Waals surface area contributed by atoms with Crippen LogP contribution in [0.2, 0.25) is 0 Å². The number of rotatable bonds is 5. The van der Waals surface area contributed by atoms with Gasteiger partial charge in [-0.2, -0.15) is 26.3 Å². The Kier molecular flexibility index (Phi) is 6.07. The number of alkyl halides is 6. The van der Waals surface area contributed by atoms with Crippen LogP contribution in [0.3, 0.4) is 0 Å². The van der Waals surface area contributed by atoms with E-state index in [4.69, 9.17) is 0 Å². The van der Waals surface area contributed by atoms with Crippen LogP contribution in [0.25, 0.3) is 11.0 Å². The largest absolute Gasteiger partial charge is 0.418 e. The Balaban J connectivity index is 1.77. The lowest BCUT2D eigenvalue weighted by atomic mass is 9.86. The van der Waals surface area contributed by atoms with Crippen molar-refractivity contribution in [2.75, 3.05) is 0 Å². The number of nitrogens with zero attached hydrogens (tertiary/aromatic N) is 3. The van der Waals surface area contributed by atoms with Crippen LogP contribution in [0.5, 0.6) is 0 Å². The molecule has 0 radical (unpaired) electrons. The van der Waals surface area contributed by atoms with E-state index in [1.807, 2.05) is 0 Å². The minimum absolute atomic E-state index is 0.103. The van der Waals surface area contributed by atoms with Gasteiger partial charge >= 0.3 is 12.4 Å². The fourth-order valence-electron chi connectivity index (χ4n) is 3.65. The van der Waals surface area contributed by atoms with Crippen LogP contribution in [0, 0.1) is 0 Å². The quantitative estimate of drug-likeness (QED) is 0.245. The molecule has 4 aromatic rings. The number of Topliss-reactive ketones (excluding diaryl/α,β-unsaturated/α-hetero) is 1. The van der Waals surface area contributed by atoms with E-state index in [2.05, 4.69) is 15.0 Å². The van der Waals surface area contributed by atoms with E-state index in [1.54, 1.807) is 6.07 Å². The van der Waals surface area contributed by atoms with Gasteiger partial charge in [0.05, 0.1) is 27.9 Å². The van der Waals surface area contributed by atoms with E-state index >= 15 is 0 Å². The van der Waals surface area contributed by atoms with Crippen molar-refractivity contribution in [2.45, 2.75) is 24.7 Å². The lowest BCUT2D eigenvalue weighted by Gasteiger charge is -2.21. The Bertz CT molecular complexity index is 1330. The first-order chi connectivity index (χ1) is 16.0. The van der Waals surface area contributed by atoms with Crippen LogP contribution < -0.4 is 0 Å². The molecule has 10 heteroatoms. The molecule has 1 unspecified atom stereocenters. The normalized spacial score (nSPS) is 13.1. The van der Waals surface area contributed by atoms with Gasteiger partial charge in [-0.25, -0.2) is 0 Å². The highest BCUT2D eigenvalue weighted by molar-refractivity contribution is 5.99. The predicted octanol–water partition coefficient (Wildman–Crippen LogP) is 6.47. The van der Waals surface area contributed by atoms with E-state index in [9.17, 15) is 31.1 Å². The van der Waals surface area contributed by atoms with Crippen LogP contribution in [0.15, 0.2) is 73.2 Å². The number of carbonyl (C=O) groups excluding carboxylic acids is 1. The Morgan fingerprint density at radius 2 is 1.44 bits per heavy atom. The van der Waals surface area contributed by atoms with Crippen molar-refractivity contribution < 1.29 is 31.1 Å². The average molecular weight is 475 g/mol. The number of halogens is 6. The maximum absolute atomic E-state index is 13.7. The first-order valence-electron chi connectivity index (χ1n) is 9.97. The molecule has 0 spiro atoms. The van der Waals surface area contributed by atoms with E-state index in [0.717, 1.165) is 42.6 Å². The number of benzene rings is 2. The summed E-state index contributed by atoms with van der Waals surface area (Å²) in [5, 5.41) is 0. The van der Waals surface area contributed by atoms with Gasteiger partial charge in [-0.15, -0.1) is 0 Å². The Hall–Kier alpha value is -3.82. The number of ketones is 1. The summed E-state index contributed by atoms with van der Waals surface area (Å²) in [6.07, 6.45) is -5.77. The molecule has 4 nitrogen and oxygen atoms in total. The van der Waals surface area contributed by atoms with Gasteiger partial charge in [-0.05, 0) is 48.0 Å². The molecule has 2 aromatic carbocycles. The fraction of sp³-hybridized carbons (Fsp3) is 0.167. The monoisotopic (exact) mass is 475 g/mol. The number of fused-ring (bicyclic) bond motifs is 1. The summed E-state index contributed by atoms with van der Waals surface area (Å²) in [5.41, 5.74) is -1.21. The van der Waals surface area contributed by atoms with Crippen LogP contribution >= 0.6 is 0 Å². The lowest BCUT2D eigenvalue weighted by Crippen LogP contribution is -2.17. The van der Waals surface area contributed by atoms with Crippen molar-refractivity contribution in [1.82, 2.24) is 15.0 Å². The van der Waals surface area contributed by atoms with Crippen molar-refractivity contribution in [3.63, 3.8) is 0 Å². The average Bonchev–Trinajstić information content (AvgIpc) is 2.81. The second kappa shape index (κ2) is 8.85. The zero-order valence-corrected chi connectivity index (χ0v) is 17.2. The zero-order valence-electron chi connectivity index (χ0n) is 17.2. The molecule has 0 fully saturated rings. The third-order valence-electron chi connectivity index (χ3n) is 5.30. The standard InChI is InChI=1S/C24H15F6N3O/c25-23(26,27)16-6-3-14(4-7-16)17(22-18(24(28,29)30)2-1-9-33-22)13-21(34)15-5-8-19-20(12-15)32-11-10-31-19/h1-12,17H,13H2. The Morgan fingerprint density at radius 1 is 0.765 bits per heavy atom. The molecule has 2 heterocycles. The molecule has 0 saturated carbocycles. The van der Waals surface area contributed by atoms with Gasteiger partial charge in [0.1, 0.15) is 0 Å². The zero-order chi connectivity index (χ0) is 24.5. The maximum Gasteiger partial charge on any atom is 0.418 e. The summed E-state index contributed by atoms with van der Waals surface area (Å²) < 4.78 is 80.1. The molecular formula is C24H15F6N3O. The molecule has 174 valence electrons. The van der Waals surface area contributed by atoms with Crippen LogP contribution in [-0.2, 0) is 12.4 Å². The summed E-state index contributed by atoms with van der Waals surface area (Å²) in [5.74, 6) is -1.75. The Morgan fingerprint density at radius 3 is 2.09 bits per heavy atom. The summed E-state index contributed by atoms with van der Waals surface area (Å²) in [7, 11) is 0. The number of hydrogen-bond acceptors (Lipinski definition) is 4. The van der Waals surface area contributed by atoms with Crippen molar-refractivity contribution in [3.05, 3.63) is 101 Å². The molecule has 34 heavy (non-hydrogen) atoms. The van der Waals surface area contributed by atoms with Crippen molar-refractivity contribution in [2.24, 2.45) is 0 Å². The summed E-state index contributed by atoms with van der Waals surface area (Å²) in [6, 6.07) is 10.1. The molecular weight excluding hydrogens is 460 g/mol. The van der Waals surface area contributed by atoms with Gasteiger partial charge in [-0.1, -0.05) is 12.1 Å². The van der Waals surface area contributed by atoms with Crippen LogP contribution in [0.1, 0.15) is 45.1 Å². The van der Waals surface area contributed by atoms with E-state index < -0.39 is 47.3 Å². The van der Waals surface area contributed by atoms with E-state index in [-0.39, 0.29) is 11.1 Å². The van der Waals surface area contributed by atoms with Gasteiger partial charge in [0.2, 0.25) is 0 Å². The van der Waals surface area contributed by atoms with E-state index in [0.29, 0.717) is 11.0 Å².